The summed E-state index contributed by atoms with van der Waals surface area (Å²) in [5, 5.41) is 2.30. The molecule has 0 bridgehead atoms. The molecule has 1 amide bonds. The lowest BCUT2D eigenvalue weighted by molar-refractivity contribution is -0.152. The third-order valence-electron chi connectivity index (χ3n) is 2.11. The van der Waals surface area contributed by atoms with E-state index in [4.69, 9.17) is 0 Å². The van der Waals surface area contributed by atoms with Crippen LogP contribution in [0.2, 0.25) is 0 Å². The van der Waals surface area contributed by atoms with E-state index < -0.39 is 11.9 Å². The maximum Gasteiger partial charge on any atom is 0.397 e. The zero-order valence-electron chi connectivity index (χ0n) is 11.0. The normalized spacial score (nSPS) is 10.9. The molecule has 98 valence electrons. The molecule has 0 aliphatic carbocycles. The molecule has 0 aliphatic heterocycles. The summed E-state index contributed by atoms with van der Waals surface area (Å²) in [6.07, 6.45) is 1.54. The van der Waals surface area contributed by atoms with Crippen molar-refractivity contribution in [3.63, 3.8) is 0 Å². The van der Waals surface area contributed by atoms with Crippen molar-refractivity contribution in [2.24, 2.45) is 0 Å². The van der Waals surface area contributed by atoms with Gasteiger partial charge in [-0.1, -0.05) is 20.8 Å². The summed E-state index contributed by atoms with van der Waals surface area (Å²) in [4.78, 5) is 30.6. The smallest absolute Gasteiger partial charge is 0.397 e. The number of anilines is 1. The fraction of sp³-hybridized carbons (Fsp3) is 0.500. The van der Waals surface area contributed by atoms with Gasteiger partial charge in [0.25, 0.3) is 0 Å². The van der Waals surface area contributed by atoms with Crippen LogP contribution in [0.5, 0.6) is 0 Å². The number of nitrogens with one attached hydrogen (secondary N) is 1. The minimum absolute atomic E-state index is 0.0977. The average Bonchev–Trinajstić information content (AvgIpc) is 2.28. The zero-order valence-corrected chi connectivity index (χ0v) is 11.0. The fourth-order valence-electron chi connectivity index (χ4n) is 1.19. The molecule has 0 spiro atoms. The van der Waals surface area contributed by atoms with Crippen molar-refractivity contribution in [1.82, 2.24) is 9.97 Å². The number of hydrogen-bond acceptors (Lipinski definition) is 5. The molecular formula is C12H17N3O3. The van der Waals surface area contributed by atoms with E-state index in [-0.39, 0.29) is 18.0 Å². The predicted molar refractivity (Wildman–Crippen MR) is 66.0 cm³/mol. The molecule has 1 rings (SSSR count). The lowest BCUT2D eigenvalue weighted by Crippen LogP contribution is -2.26. The van der Waals surface area contributed by atoms with E-state index in [1.807, 2.05) is 20.8 Å². The van der Waals surface area contributed by atoms with Crippen LogP contribution in [0.3, 0.4) is 0 Å². The zero-order chi connectivity index (χ0) is 13.8. The Morgan fingerprint density at radius 3 is 2.61 bits per heavy atom. The van der Waals surface area contributed by atoms with Crippen molar-refractivity contribution in [2.75, 3.05) is 11.9 Å². The maximum atomic E-state index is 11.4. The second-order valence-corrected chi connectivity index (χ2v) is 4.69. The van der Waals surface area contributed by atoms with Gasteiger partial charge in [0.1, 0.15) is 0 Å². The SMILES string of the molecule is CCOC(=O)C(=O)Nc1nccc(C(C)(C)C)n1. The van der Waals surface area contributed by atoms with Crippen molar-refractivity contribution in [3.8, 4) is 0 Å². The quantitative estimate of drug-likeness (QED) is 0.632. The molecule has 0 saturated heterocycles. The molecule has 1 aromatic heterocycles. The van der Waals surface area contributed by atoms with E-state index in [0.717, 1.165) is 5.69 Å². The molecule has 1 N–H and O–H groups in total. The van der Waals surface area contributed by atoms with Crippen molar-refractivity contribution >= 4 is 17.8 Å². The van der Waals surface area contributed by atoms with E-state index >= 15 is 0 Å². The number of amides is 1. The fourth-order valence-corrected chi connectivity index (χ4v) is 1.19. The molecule has 6 nitrogen and oxygen atoms in total. The molecule has 0 atom stereocenters. The van der Waals surface area contributed by atoms with Gasteiger partial charge in [0.05, 0.1) is 12.3 Å². The lowest BCUT2D eigenvalue weighted by atomic mass is 9.92. The largest absolute Gasteiger partial charge is 0.459 e. The maximum absolute atomic E-state index is 11.4. The predicted octanol–water partition coefficient (Wildman–Crippen LogP) is 1.28. The van der Waals surface area contributed by atoms with Crippen LogP contribution < -0.4 is 5.32 Å². The molecule has 6 heteroatoms. The van der Waals surface area contributed by atoms with Crippen LogP contribution in [0, 0.1) is 0 Å². The van der Waals surface area contributed by atoms with Gasteiger partial charge in [0.15, 0.2) is 0 Å². The van der Waals surface area contributed by atoms with Gasteiger partial charge in [-0.3, -0.25) is 10.1 Å². The molecule has 0 aromatic carbocycles. The molecule has 0 fully saturated rings. The van der Waals surface area contributed by atoms with Crippen LogP contribution in [0.15, 0.2) is 12.3 Å². The number of rotatable bonds is 2. The minimum Gasteiger partial charge on any atom is -0.459 e. The van der Waals surface area contributed by atoms with Crippen LogP contribution in [-0.4, -0.2) is 28.5 Å². The molecule has 1 heterocycles. The van der Waals surface area contributed by atoms with E-state index in [0.29, 0.717) is 0 Å². The standard InChI is InChI=1S/C12H17N3O3/c1-5-18-10(17)9(16)15-11-13-7-6-8(14-11)12(2,3)4/h6-7H,5H2,1-4H3,(H,13,14,15,16). The summed E-state index contributed by atoms with van der Waals surface area (Å²) >= 11 is 0. The van der Waals surface area contributed by atoms with Gasteiger partial charge in [-0.25, -0.2) is 14.8 Å². The third kappa shape index (κ3) is 3.80. The van der Waals surface area contributed by atoms with E-state index in [9.17, 15) is 9.59 Å². The second kappa shape index (κ2) is 5.57. The summed E-state index contributed by atoms with van der Waals surface area (Å²) in [5.41, 5.74) is 0.614. The molecule has 0 unspecified atom stereocenters. The van der Waals surface area contributed by atoms with Crippen LogP contribution in [0.25, 0.3) is 0 Å². The Morgan fingerprint density at radius 1 is 1.39 bits per heavy atom. The Kier molecular flexibility index (Phi) is 4.36. The Morgan fingerprint density at radius 2 is 2.06 bits per heavy atom. The van der Waals surface area contributed by atoms with Crippen molar-refractivity contribution in [2.45, 2.75) is 33.1 Å². The molecule has 0 saturated carbocycles. The Bertz CT molecular complexity index is 452. The Labute approximate surface area is 106 Å². The number of carbonyl (C=O) groups excluding carboxylic acids is 2. The molecular weight excluding hydrogens is 234 g/mol. The first kappa shape index (κ1) is 14.1. The summed E-state index contributed by atoms with van der Waals surface area (Å²) in [7, 11) is 0. The van der Waals surface area contributed by atoms with Gasteiger partial charge in [-0.2, -0.15) is 0 Å². The number of aromatic nitrogens is 2. The summed E-state index contributed by atoms with van der Waals surface area (Å²) in [6.45, 7) is 7.75. The van der Waals surface area contributed by atoms with Gasteiger partial charge in [0, 0.05) is 11.6 Å². The highest BCUT2D eigenvalue weighted by Crippen LogP contribution is 2.19. The summed E-state index contributed by atoms with van der Waals surface area (Å²) in [5.74, 6) is -1.72. The number of carbonyl (C=O) groups is 2. The lowest BCUT2D eigenvalue weighted by Gasteiger charge is -2.17. The number of nitrogens with zero attached hydrogens (tertiary/aromatic N) is 2. The first-order chi connectivity index (χ1) is 8.34. The molecule has 0 aliphatic rings. The Balaban J connectivity index is 2.80. The van der Waals surface area contributed by atoms with Crippen molar-refractivity contribution in [1.29, 1.82) is 0 Å². The summed E-state index contributed by atoms with van der Waals surface area (Å²) < 4.78 is 4.57. The molecule has 18 heavy (non-hydrogen) atoms. The minimum atomic E-state index is -0.942. The van der Waals surface area contributed by atoms with E-state index in [1.165, 1.54) is 6.20 Å². The van der Waals surface area contributed by atoms with E-state index in [2.05, 4.69) is 20.0 Å². The average molecular weight is 251 g/mol. The topological polar surface area (TPSA) is 81.2 Å². The number of hydrogen-bond donors (Lipinski definition) is 1. The highest BCUT2D eigenvalue weighted by molar-refractivity contribution is 6.37. The van der Waals surface area contributed by atoms with Gasteiger partial charge >= 0.3 is 11.9 Å². The highest BCUT2D eigenvalue weighted by atomic mass is 16.5. The Hall–Kier alpha value is -1.98. The first-order valence-corrected chi connectivity index (χ1v) is 5.66. The third-order valence-corrected chi connectivity index (χ3v) is 2.11. The highest BCUT2D eigenvalue weighted by Gasteiger charge is 2.19. The van der Waals surface area contributed by atoms with Crippen molar-refractivity contribution < 1.29 is 14.3 Å². The van der Waals surface area contributed by atoms with Crippen LogP contribution >= 0.6 is 0 Å². The van der Waals surface area contributed by atoms with Crippen LogP contribution in [-0.2, 0) is 19.7 Å². The number of esters is 1. The van der Waals surface area contributed by atoms with Crippen molar-refractivity contribution in [3.05, 3.63) is 18.0 Å². The summed E-state index contributed by atoms with van der Waals surface area (Å²) in [6, 6.07) is 1.76. The van der Waals surface area contributed by atoms with E-state index in [1.54, 1.807) is 13.0 Å². The molecule has 1 aromatic rings. The number of ether oxygens (including phenoxy) is 1. The van der Waals surface area contributed by atoms with Gasteiger partial charge in [0.2, 0.25) is 5.95 Å². The first-order valence-electron chi connectivity index (χ1n) is 5.66. The molecule has 0 radical (unpaired) electrons. The van der Waals surface area contributed by atoms with Gasteiger partial charge in [-0.05, 0) is 13.0 Å². The van der Waals surface area contributed by atoms with Gasteiger partial charge in [-0.15, -0.1) is 0 Å². The van der Waals surface area contributed by atoms with Gasteiger partial charge < -0.3 is 4.74 Å². The second-order valence-electron chi connectivity index (χ2n) is 4.69. The van der Waals surface area contributed by atoms with Crippen LogP contribution in [0.4, 0.5) is 5.95 Å². The van der Waals surface area contributed by atoms with Crippen LogP contribution in [0.1, 0.15) is 33.4 Å². The monoisotopic (exact) mass is 251 g/mol.